The minimum Gasteiger partial charge on any atom is -0.495 e. The molecule has 2 aromatic heterocycles. The van der Waals surface area contributed by atoms with Crippen molar-refractivity contribution in [1.82, 2.24) is 18.9 Å². The van der Waals surface area contributed by atoms with Crippen LogP contribution in [0, 0.1) is 5.92 Å². The number of pyridine rings is 1. The number of hydrogen-bond acceptors (Lipinski definition) is 5. The summed E-state index contributed by atoms with van der Waals surface area (Å²) >= 11 is 0. The first-order valence-corrected chi connectivity index (χ1v) is 12.0. The van der Waals surface area contributed by atoms with Gasteiger partial charge in [-0.1, -0.05) is 12.1 Å². The van der Waals surface area contributed by atoms with Gasteiger partial charge in [0.05, 0.1) is 42.8 Å². The summed E-state index contributed by atoms with van der Waals surface area (Å²) in [5.74, 6) is 1.44. The Balaban J connectivity index is 1.47. The van der Waals surface area contributed by atoms with E-state index in [0.29, 0.717) is 5.92 Å². The van der Waals surface area contributed by atoms with Gasteiger partial charge in [-0.2, -0.15) is 0 Å². The third-order valence-corrected chi connectivity index (χ3v) is 7.87. The van der Waals surface area contributed by atoms with Crippen LogP contribution in [-0.2, 0) is 11.3 Å². The van der Waals surface area contributed by atoms with E-state index in [0.717, 1.165) is 73.5 Å². The largest absolute Gasteiger partial charge is 0.495 e. The number of piperidine rings is 3. The van der Waals surface area contributed by atoms with Crippen LogP contribution in [-0.4, -0.2) is 78.5 Å². The third-order valence-electron chi connectivity index (χ3n) is 7.87. The molecule has 7 heteroatoms. The second-order valence-electron chi connectivity index (χ2n) is 9.46. The molecule has 1 atom stereocenters. The van der Waals surface area contributed by atoms with Gasteiger partial charge in [0.25, 0.3) is 5.56 Å². The number of aromatic nitrogens is 2. The van der Waals surface area contributed by atoms with Crippen molar-refractivity contribution in [1.29, 1.82) is 0 Å². The fourth-order valence-corrected chi connectivity index (χ4v) is 6.11. The van der Waals surface area contributed by atoms with Gasteiger partial charge in [0.1, 0.15) is 5.75 Å². The lowest BCUT2D eigenvalue weighted by Crippen LogP contribution is -2.49. The van der Waals surface area contributed by atoms with Crippen LogP contribution in [0.2, 0.25) is 0 Å². The van der Waals surface area contributed by atoms with Crippen molar-refractivity contribution in [3.8, 4) is 5.75 Å². The van der Waals surface area contributed by atoms with Crippen LogP contribution in [0.25, 0.3) is 21.8 Å². The molecule has 0 aliphatic carbocycles. The molecule has 170 valence electrons. The molecule has 0 amide bonds. The molecule has 4 saturated heterocycles. The number of methoxy groups -OCH3 is 1. The predicted molar refractivity (Wildman–Crippen MR) is 126 cm³/mol. The maximum absolute atomic E-state index is 13.9. The highest BCUT2D eigenvalue weighted by Crippen LogP contribution is 2.37. The molecule has 2 bridgehead atoms. The van der Waals surface area contributed by atoms with Crippen LogP contribution in [0.5, 0.6) is 5.75 Å². The molecule has 4 fully saturated rings. The fraction of sp³-hybridized carbons (Fsp3) is 0.560. The Kier molecular flexibility index (Phi) is 5.20. The normalized spacial score (nSPS) is 26.2. The number of para-hydroxylation sites is 1. The summed E-state index contributed by atoms with van der Waals surface area (Å²) in [6, 6.07) is 8.52. The summed E-state index contributed by atoms with van der Waals surface area (Å²) in [5.41, 5.74) is 2.19. The lowest BCUT2D eigenvalue weighted by atomic mass is 9.84. The van der Waals surface area contributed by atoms with Crippen molar-refractivity contribution < 1.29 is 9.47 Å². The summed E-state index contributed by atoms with van der Waals surface area (Å²) in [4.78, 5) is 18.8. The Bertz CT molecular complexity index is 1190. The molecule has 0 radical (unpaired) electrons. The fourth-order valence-electron chi connectivity index (χ4n) is 6.11. The number of morpholine rings is 1. The Morgan fingerprint density at radius 3 is 2.59 bits per heavy atom. The van der Waals surface area contributed by atoms with E-state index in [-0.39, 0.29) is 11.6 Å². The molecule has 7 nitrogen and oxygen atoms in total. The smallest absolute Gasteiger partial charge is 0.260 e. The van der Waals surface area contributed by atoms with E-state index in [9.17, 15) is 4.79 Å². The average molecular weight is 437 g/mol. The molecule has 0 spiro atoms. The number of rotatable bonds is 5. The zero-order valence-corrected chi connectivity index (χ0v) is 18.8. The topological polar surface area (TPSA) is 51.9 Å². The van der Waals surface area contributed by atoms with Gasteiger partial charge in [0.2, 0.25) is 0 Å². The monoisotopic (exact) mass is 436 g/mol. The van der Waals surface area contributed by atoms with E-state index < -0.39 is 0 Å². The van der Waals surface area contributed by atoms with Crippen LogP contribution in [0.4, 0.5) is 0 Å². The van der Waals surface area contributed by atoms with Gasteiger partial charge in [-0.05, 0) is 44.0 Å². The second kappa shape index (κ2) is 8.21. The summed E-state index contributed by atoms with van der Waals surface area (Å²) < 4.78 is 15.6. The highest BCUT2D eigenvalue weighted by atomic mass is 16.5. The molecule has 0 saturated carbocycles. The Hall–Kier alpha value is -2.35. The van der Waals surface area contributed by atoms with E-state index in [2.05, 4.69) is 26.5 Å². The van der Waals surface area contributed by atoms with Crippen LogP contribution < -0.4 is 10.3 Å². The number of fused-ring (bicyclic) bond motifs is 6. The molecule has 4 aliphatic rings. The van der Waals surface area contributed by atoms with E-state index in [1.54, 1.807) is 7.11 Å². The number of ether oxygens (including phenoxy) is 2. The zero-order valence-electron chi connectivity index (χ0n) is 18.8. The van der Waals surface area contributed by atoms with E-state index in [1.165, 1.54) is 25.9 Å². The standard InChI is InChI=1S/C25H32N4O3/c1-31-22-4-2-3-19-23-20(28(24(19)22)12-11-26-13-15-32-16-14-26)7-10-29(25(23)30)21-17-27-8-5-18(21)6-9-27/h2-4,7,10,18,21H,5-6,8-9,11-17H2,1H3/t21-/m0/s1. The zero-order chi connectivity index (χ0) is 21.7. The minimum atomic E-state index is 0.143. The molecule has 4 aliphatic heterocycles. The van der Waals surface area contributed by atoms with Gasteiger partial charge in [-0.15, -0.1) is 0 Å². The second-order valence-corrected chi connectivity index (χ2v) is 9.46. The number of benzene rings is 1. The molecule has 6 heterocycles. The first-order chi connectivity index (χ1) is 15.7. The molecule has 32 heavy (non-hydrogen) atoms. The van der Waals surface area contributed by atoms with Crippen molar-refractivity contribution in [3.05, 3.63) is 40.8 Å². The van der Waals surface area contributed by atoms with E-state index in [4.69, 9.17) is 9.47 Å². The molecule has 1 aromatic carbocycles. The van der Waals surface area contributed by atoms with Gasteiger partial charge in [-0.25, -0.2) is 0 Å². The SMILES string of the molecule is COc1cccc2c3c(=O)n([C@H]4CN5CCC4CC5)ccc3n(CCN3CCOCC3)c12. The average Bonchev–Trinajstić information content (AvgIpc) is 3.18. The van der Waals surface area contributed by atoms with Crippen molar-refractivity contribution in [2.24, 2.45) is 5.92 Å². The summed E-state index contributed by atoms with van der Waals surface area (Å²) in [7, 11) is 1.71. The third kappa shape index (κ3) is 3.26. The number of nitrogens with zero attached hydrogens (tertiary/aromatic N) is 4. The highest BCUT2D eigenvalue weighted by Gasteiger charge is 2.36. The van der Waals surface area contributed by atoms with Gasteiger partial charge in [-0.3, -0.25) is 9.69 Å². The van der Waals surface area contributed by atoms with E-state index in [1.807, 2.05) is 22.9 Å². The lowest BCUT2D eigenvalue weighted by molar-refractivity contribution is 0.0366. The summed E-state index contributed by atoms with van der Waals surface area (Å²) in [5, 5.41) is 1.83. The molecule has 7 rings (SSSR count). The van der Waals surface area contributed by atoms with Crippen molar-refractivity contribution in [3.63, 3.8) is 0 Å². The van der Waals surface area contributed by atoms with Gasteiger partial charge in [0, 0.05) is 44.3 Å². The first kappa shape index (κ1) is 20.3. The Morgan fingerprint density at radius 2 is 1.88 bits per heavy atom. The predicted octanol–water partition coefficient (Wildman–Crippen LogP) is 2.56. The summed E-state index contributed by atoms with van der Waals surface area (Å²) in [6.45, 7) is 8.61. The first-order valence-electron chi connectivity index (χ1n) is 12.0. The Morgan fingerprint density at radius 1 is 1.06 bits per heavy atom. The lowest BCUT2D eigenvalue weighted by Gasteiger charge is -2.45. The maximum atomic E-state index is 13.9. The van der Waals surface area contributed by atoms with Crippen LogP contribution in [0.3, 0.4) is 0 Å². The van der Waals surface area contributed by atoms with Gasteiger partial charge < -0.3 is 23.5 Å². The minimum absolute atomic E-state index is 0.143. The Labute approximate surface area is 188 Å². The van der Waals surface area contributed by atoms with Crippen molar-refractivity contribution in [2.75, 3.05) is 59.6 Å². The van der Waals surface area contributed by atoms with Crippen molar-refractivity contribution in [2.45, 2.75) is 25.4 Å². The molecule has 0 unspecified atom stereocenters. The van der Waals surface area contributed by atoms with Crippen LogP contribution in [0.15, 0.2) is 35.3 Å². The highest BCUT2D eigenvalue weighted by molar-refractivity contribution is 6.09. The van der Waals surface area contributed by atoms with Crippen LogP contribution in [0.1, 0.15) is 18.9 Å². The van der Waals surface area contributed by atoms with Gasteiger partial charge >= 0.3 is 0 Å². The molecular weight excluding hydrogens is 404 g/mol. The maximum Gasteiger partial charge on any atom is 0.260 e. The van der Waals surface area contributed by atoms with E-state index >= 15 is 0 Å². The summed E-state index contributed by atoms with van der Waals surface area (Å²) in [6.07, 6.45) is 4.45. The molecule has 0 N–H and O–H groups in total. The quantitative estimate of drug-likeness (QED) is 0.615. The molecular formula is C25H32N4O3. The van der Waals surface area contributed by atoms with Crippen LogP contribution >= 0.6 is 0 Å². The molecule has 3 aromatic rings. The van der Waals surface area contributed by atoms with Gasteiger partial charge in [0.15, 0.2) is 0 Å². The number of hydrogen-bond donors (Lipinski definition) is 0. The van der Waals surface area contributed by atoms with Crippen molar-refractivity contribution >= 4 is 21.8 Å².